The van der Waals surface area contributed by atoms with E-state index in [0.29, 0.717) is 0 Å². The van der Waals surface area contributed by atoms with Gasteiger partial charge >= 0.3 is 6.03 Å². The Hall–Kier alpha value is -1.51. The summed E-state index contributed by atoms with van der Waals surface area (Å²) in [6.45, 7) is 5.98. The minimum absolute atomic E-state index is 0.0919. The summed E-state index contributed by atoms with van der Waals surface area (Å²) in [4.78, 5) is 15.2. The molecule has 30 heavy (non-hydrogen) atoms. The quantitative estimate of drug-likeness (QED) is 0.440. The Balaban J connectivity index is 1.51. The summed E-state index contributed by atoms with van der Waals surface area (Å²) in [6, 6.07) is 6.37. The third kappa shape index (κ3) is 7.63. The summed E-state index contributed by atoms with van der Waals surface area (Å²) in [6.07, 6.45) is 18.9. The van der Waals surface area contributed by atoms with Crippen LogP contribution in [0.15, 0.2) is 18.2 Å². The van der Waals surface area contributed by atoms with Crippen molar-refractivity contribution < 1.29 is 4.79 Å². The number of rotatable bonds is 9. The molecular formula is C27H44N2O. The lowest BCUT2D eigenvalue weighted by molar-refractivity contribution is 0.203. The van der Waals surface area contributed by atoms with E-state index in [1.807, 2.05) is 6.07 Å². The smallest absolute Gasteiger partial charge is 0.321 e. The highest BCUT2D eigenvalue weighted by molar-refractivity contribution is 5.90. The molecule has 0 heterocycles. The van der Waals surface area contributed by atoms with Gasteiger partial charge in [0.1, 0.15) is 0 Å². The molecule has 0 radical (unpaired) electrons. The summed E-state index contributed by atoms with van der Waals surface area (Å²) in [5, 5.41) is 3.20. The number of nitrogens with one attached hydrogen (secondary N) is 1. The standard InChI is InChI=1S/C27H44N2O/c1-22-17-18-26(23(2)21-22)28-27(30)29(19-9-15-24-11-5-3-6-12-24)20-10-16-25-13-7-4-8-14-25/h17-18,21,24-25H,3-16,19-20H2,1-2H3,(H,28,30). The number of hydrogen-bond donors (Lipinski definition) is 1. The Morgan fingerprint density at radius 1 is 0.867 bits per heavy atom. The molecule has 0 aromatic heterocycles. The number of urea groups is 1. The van der Waals surface area contributed by atoms with Crippen LogP contribution in [0.2, 0.25) is 0 Å². The molecular weight excluding hydrogens is 368 g/mol. The van der Waals surface area contributed by atoms with Gasteiger partial charge in [-0.1, -0.05) is 81.9 Å². The van der Waals surface area contributed by atoms with Crippen LogP contribution >= 0.6 is 0 Å². The number of nitrogens with zero attached hydrogens (tertiary/aromatic N) is 1. The molecule has 0 unspecified atom stereocenters. The summed E-state index contributed by atoms with van der Waals surface area (Å²) in [5.74, 6) is 1.79. The van der Waals surface area contributed by atoms with Crippen LogP contribution in [-0.2, 0) is 0 Å². The van der Waals surface area contributed by atoms with Crippen molar-refractivity contribution in [3.63, 3.8) is 0 Å². The Kier molecular flexibility index (Phi) is 9.55. The zero-order valence-corrected chi connectivity index (χ0v) is 19.6. The molecule has 0 aliphatic heterocycles. The topological polar surface area (TPSA) is 32.3 Å². The average Bonchev–Trinajstić information content (AvgIpc) is 2.76. The molecule has 1 aromatic rings. The molecule has 0 saturated heterocycles. The maximum Gasteiger partial charge on any atom is 0.321 e. The number of carbonyl (C=O) groups excluding carboxylic acids is 1. The summed E-state index contributed by atoms with van der Waals surface area (Å²) < 4.78 is 0. The van der Waals surface area contributed by atoms with E-state index in [4.69, 9.17) is 0 Å². The van der Waals surface area contributed by atoms with Crippen molar-refractivity contribution in [1.29, 1.82) is 0 Å². The van der Waals surface area contributed by atoms with E-state index in [0.717, 1.165) is 49.0 Å². The van der Waals surface area contributed by atoms with Crippen LogP contribution in [0.5, 0.6) is 0 Å². The number of anilines is 1. The molecule has 3 heteroatoms. The van der Waals surface area contributed by atoms with Crippen LogP contribution in [0.3, 0.4) is 0 Å². The van der Waals surface area contributed by atoms with Gasteiger partial charge in [0.15, 0.2) is 0 Å². The fourth-order valence-electron chi connectivity index (χ4n) is 5.56. The number of benzene rings is 1. The minimum atomic E-state index is 0.0919. The molecule has 0 atom stereocenters. The van der Waals surface area contributed by atoms with Gasteiger partial charge in [0, 0.05) is 18.8 Å². The van der Waals surface area contributed by atoms with Crippen molar-refractivity contribution in [2.24, 2.45) is 11.8 Å². The van der Waals surface area contributed by atoms with Gasteiger partial charge in [0.25, 0.3) is 0 Å². The van der Waals surface area contributed by atoms with Gasteiger partial charge in [0.05, 0.1) is 0 Å². The van der Waals surface area contributed by atoms with Crippen molar-refractivity contribution in [2.45, 2.75) is 104 Å². The van der Waals surface area contributed by atoms with Crippen molar-refractivity contribution in [3.8, 4) is 0 Å². The molecule has 2 aliphatic carbocycles. The molecule has 0 bridgehead atoms. The Bertz CT molecular complexity index is 620. The molecule has 2 fully saturated rings. The monoisotopic (exact) mass is 412 g/mol. The van der Waals surface area contributed by atoms with Crippen LogP contribution in [0, 0.1) is 25.7 Å². The van der Waals surface area contributed by atoms with Crippen LogP contribution in [-0.4, -0.2) is 24.0 Å². The van der Waals surface area contributed by atoms with E-state index in [1.165, 1.54) is 82.6 Å². The second kappa shape index (κ2) is 12.4. The van der Waals surface area contributed by atoms with Crippen LogP contribution in [0.4, 0.5) is 10.5 Å². The summed E-state index contributed by atoms with van der Waals surface area (Å²) in [5.41, 5.74) is 3.34. The van der Waals surface area contributed by atoms with Gasteiger partial charge < -0.3 is 10.2 Å². The molecule has 168 valence electrons. The van der Waals surface area contributed by atoms with Crippen LogP contribution in [0.25, 0.3) is 0 Å². The first kappa shape index (κ1) is 23.2. The van der Waals surface area contributed by atoms with Crippen LogP contribution in [0.1, 0.15) is 101 Å². The third-order valence-corrected chi connectivity index (χ3v) is 7.44. The van der Waals surface area contributed by atoms with Crippen molar-refractivity contribution in [3.05, 3.63) is 29.3 Å². The minimum Gasteiger partial charge on any atom is -0.325 e. The predicted molar refractivity (Wildman–Crippen MR) is 128 cm³/mol. The Labute approximate surface area is 185 Å². The molecule has 2 saturated carbocycles. The van der Waals surface area contributed by atoms with Gasteiger partial charge in [0.2, 0.25) is 0 Å². The largest absolute Gasteiger partial charge is 0.325 e. The predicted octanol–water partition coefficient (Wildman–Crippen LogP) is 7.86. The Morgan fingerprint density at radius 2 is 1.40 bits per heavy atom. The van der Waals surface area contributed by atoms with Gasteiger partial charge in [-0.2, -0.15) is 0 Å². The second-order valence-corrected chi connectivity index (χ2v) is 10.0. The fourth-order valence-corrected chi connectivity index (χ4v) is 5.56. The van der Waals surface area contributed by atoms with E-state index >= 15 is 0 Å². The molecule has 2 aliphatic rings. The van der Waals surface area contributed by atoms with Crippen molar-refractivity contribution in [1.82, 2.24) is 4.90 Å². The third-order valence-electron chi connectivity index (χ3n) is 7.44. The van der Waals surface area contributed by atoms with E-state index in [1.54, 1.807) is 0 Å². The highest BCUT2D eigenvalue weighted by atomic mass is 16.2. The van der Waals surface area contributed by atoms with E-state index in [2.05, 4.69) is 36.2 Å². The molecule has 1 N–H and O–H groups in total. The van der Waals surface area contributed by atoms with Crippen molar-refractivity contribution >= 4 is 11.7 Å². The first-order chi connectivity index (χ1) is 14.6. The Morgan fingerprint density at radius 3 is 1.90 bits per heavy atom. The first-order valence-corrected chi connectivity index (χ1v) is 12.7. The molecule has 0 spiro atoms. The molecule has 1 aromatic carbocycles. The molecule has 3 nitrogen and oxygen atoms in total. The number of hydrogen-bond acceptors (Lipinski definition) is 1. The number of aryl methyl sites for hydroxylation is 2. The van der Waals surface area contributed by atoms with Gasteiger partial charge in [-0.15, -0.1) is 0 Å². The number of carbonyl (C=O) groups is 1. The highest BCUT2D eigenvalue weighted by Crippen LogP contribution is 2.29. The lowest BCUT2D eigenvalue weighted by Gasteiger charge is -2.27. The SMILES string of the molecule is Cc1ccc(NC(=O)N(CCCC2CCCCC2)CCCC2CCCCC2)c(C)c1. The maximum absolute atomic E-state index is 13.1. The van der Waals surface area contributed by atoms with E-state index in [9.17, 15) is 4.79 Å². The lowest BCUT2D eigenvalue weighted by Crippen LogP contribution is -2.37. The van der Waals surface area contributed by atoms with Gasteiger partial charge in [-0.05, 0) is 63.0 Å². The summed E-state index contributed by atoms with van der Waals surface area (Å²) >= 11 is 0. The molecule has 3 rings (SSSR count). The maximum atomic E-state index is 13.1. The van der Waals surface area contributed by atoms with E-state index < -0.39 is 0 Å². The lowest BCUT2D eigenvalue weighted by atomic mass is 9.86. The number of amides is 2. The molecule has 2 amide bonds. The summed E-state index contributed by atoms with van der Waals surface area (Å²) in [7, 11) is 0. The zero-order valence-electron chi connectivity index (χ0n) is 19.6. The van der Waals surface area contributed by atoms with Gasteiger partial charge in [-0.25, -0.2) is 4.79 Å². The second-order valence-electron chi connectivity index (χ2n) is 10.0. The van der Waals surface area contributed by atoms with Gasteiger partial charge in [-0.3, -0.25) is 0 Å². The fraction of sp³-hybridized carbons (Fsp3) is 0.741. The average molecular weight is 413 g/mol. The normalized spacial score (nSPS) is 18.3. The van der Waals surface area contributed by atoms with Crippen LogP contribution < -0.4 is 5.32 Å². The van der Waals surface area contributed by atoms with E-state index in [-0.39, 0.29) is 6.03 Å². The van der Waals surface area contributed by atoms with Crippen molar-refractivity contribution in [2.75, 3.05) is 18.4 Å². The zero-order chi connectivity index (χ0) is 21.2. The first-order valence-electron chi connectivity index (χ1n) is 12.7. The highest BCUT2D eigenvalue weighted by Gasteiger charge is 2.19.